The SMILES string of the molecule is CCN1C(=O)/C(=C/c2ccc(N3CCCC3)cc2)C(=O)NC1=S. The van der Waals surface area contributed by atoms with Crippen LogP contribution < -0.4 is 10.2 Å². The molecule has 2 fully saturated rings. The van der Waals surface area contributed by atoms with E-state index >= 15 is 0 Å². The summed E-state index contributed by atoms with van der Waals surface area (Å²) in [5.74, 6) is -0.779. The molecule has 6 heteroatoms. The van der Waals surface area contributed by atoms with Crippen molar-refractivity contribution in [2.24, 2.45) is 0 Å². The lowest BCUT2D eigenvalue weighted by Gasteiger charge is -2.27. The molecule has 2 heterocycles. The van der Waals surface area contributed by atoms with Gasteiger partial charge < -0.3 is 4.90 Å². The first-order chi connectivity index (χ1) is 11.1. The van der Waals surface area contributed by atoms with Gasteiger partial charge in [-0.2, -0.15) is 0 Å². The number of hydrogen-bond donors (Lipinski definition) is 1. The zero-order valence-electron chi connectivity index (χ0n) is 13.0. The topological polar surface area (TPSA) is 52.7 Å². The van der Waals surface area contributed by atoms with Gasteiger partial charge >= 0.3 is 0 Å². The number of rotatable bonds is 3. The van der Waals surface area contributed by atoms with E-state index in [1.807, 2.05) is 31.2 Å². The van der Waals surface area contributed by atoms with Crippen LogP contribution in [0.5, 0.6) is 0 Å². The second-order valence-electron chi connectivity index (χ2n) is 5.65. The summed E-state index contributed by atoms with van der Waals surface area (Å²) in [7, 11) is 0. The summed E-state index contributed by atoms with van der Waals surface area (Å²) < 4.78 is 0. The largest absolute Gasteiger partial charge is 0.372 e. The first kappa shape index (κ1) is 15.7. The van der Waals surface area contributed by atoms with Gasteiger partial charge in [0, 0.05) is 25.3 Å². The second kappa shape index (κ2) is 6.50. The number of nitrogens with one attached hydrogen (secondary N) is 1. The van der Waals surface area contributed by atoms with Crippen LogP contribution in [-0.4, -0.2) is 41.5 Å². The van der Waals surface area contributed by atoms with Crippen LogP contribution in [0.2, 0.25) is 0 Å². The molecular weight excluding hydrogens is 310 g/mol. The third-order valence-electron chi connectivity index (χ3n) is 4.18. The number of nitrogens with zero attached hydrogens (tertiary/aromatic N) is 2. The van der Waals surface area contributed by atoms with Gasteiger partial charge in [0.1, 0.15) is 5.57 Å². The molecule has 0 radical (unpaired) electrons. The summed E-state index contributed by atoms with van der Waals surface area (Å²) in [4.78, 5) is 28.1. The summed E-state index contributed by atoms with van der Waals surface area (Å²) in [6, 6.07) is 7.94. The molecule has 0 aliphatic carbocycles. The monoisotopic (exact) mass is 329 g/mol. The third-order valence-corrected chi connectivity index (χ3v) is 4.50. The minimum atomic E-state index is -0.437. The van der Waals surface area contributed by atoms with Crippen LogP contribution in [0.4, 0.5) is 5.69 Å². The number of hydrogen-bond acceptors (Lipinski definition) is 4. The number of thiocarbonyl (C=S) groups is 1. The molecule has 23 heavy (non-hydrogen) atoms. The van der Waals surface area contributed by atoms with E-state index in [4.69, 9.17) is 12.2 Å². The van der Waals surface area contributed by atoms with Crippen LogP contribution >= 0.6 is 12.2 Å². The molecule has 0 unspecified atom stereocenters. The van der Waals surface area contributed by atoms with Crippen molar-refractivity contribution in [3.8, 4) is 0 Å². The Labute approximate surface area is 140 Å². The normalized spacial score (nSPS) is 20.4. The average molecular weight is 329 g/mol. The van der Waals surface area contributed by atoms with Crippen molar-refractivity contribution in [1.82, 2.24) is 10.2 Å². The molecule has 0 aromatic heterocycles. The summed E-state index contributed by atoms with van der Waals surface area (Å²) >= 11 is 5.02. The van der Waals surface area contributed by atoms with Crippen LogP contribution in [0.1, 0.15) is 25.3 Å². The van der Waals surface area contributed by atoms with Gasteiger partial charge in [-0.3, -0.25) is 19.8 Å². The Bertz CT molecular complexity index is 676. The van der Waals surface area contributed by atoms with E-state index in [1.54, 1.807) is 6.08 Å². The summed E-state index contributed by atoms with van der Waals surface area (Å²) in [6.07, 6.45) is 4.08. The maximum atomic E-state index is 12.4. The summed E-state index contributed by atoms with van der Waals surface area (Å²) in [6.45, 7) is 4.43. The maximum absolute atomic E-state index is 12.4. The molecule has 1 aromatic carbocycles. The lowest BCUT2D eigenvalue weighted by Crippen LogP contribution is -2.53. The Balaban J connectivity index is 1.83. The number of amides is 2. The van der Waals surface area contributed by atoms with Crippen molar-refractivity contribution in [3.63, 3.8) is 0 Å². The van der Waals surface area contributed by atoms with E-state index in [0.717, 1.165) is 18.7 Å². The quantitative estimate of drug-likeness (QED) is 0.523. The average Bonchev–Trinajstić information content (AvgIpc) is 3.07. The molecule has 0 saturated carbocycles. The molecule has 5 nitrogen and oxygen atoms in total. The van der Waals surface area contributed by atoms with Crippen LogP contribution in [0, 0.1) is 0 Å². The molecule has 2 saturated heterocycles. The number of carbonyl (C=O) groups excluding carboxylic acids is 2. The molecule has 1 aromatic rings. The van der Waals surface area contributed by atoms with Gasteiger partial charge in [0.05, 0.1) is 0 Å². The van der Waals surface area contributed by atoms with Crippen molar-refractivity contribution >= 4 is 40.9 Å². The van der Waals surface area contributed by atoms with Crippen molar-refractivity contribution in [3.05, 3.63) is 35.4 Å². The Kier molecular flexibility index (Phi) is 4.43. The molecule has 1 N–H and O–H groups in total. The highest BCUT2D eigenvalue weighted by atomic mass is 32.1. The van der Waals surface area contributed by atoms with Gasteiger partial charge in [0.25, 0.3) is 11.8 Å². The highest BCUT2D eigenvalue weighted by Crippen LogP contribution is 2.22. The standard InChI is InChI=1S/C17H19N3O2S/c1-2-20-16(22)14(15(21)18-17(20)23)11-12-5-7-13(8-6-12)19-9-3-4-10-19/h5-8,11H,2-4,9-10H2,1H3,(H,18,21,23)/b14-11+. The Morgan fingerprint density at radius 3 is 2.43 bits per heavy atom. The minimum Gasteiger partial charge on any atom is -0.372 e. The van der Waals surface area contributed by atoms with E-state index in [-0.39, 0.29) is 16.6 Å². The zero-order valence-corrected chi connectivity index (χ0v) is 13.9. The summed E-state index contributed by atoms with van der Waals surface area (Å²) in [5.41, 5.74) is 2.13. The maximum Gasteiger partial charge on any atom is 0.265 e. The fourth-order valence-electron chi connectivity index (χ4n) is 2.90. The first-order valence-electron chi connectivity index (χ1n) is 7.84. The van der Waals surface area contributed by atoms with Gasteiger partial charge in [-0.05, 0) is 55.8 Å². The predicted octanol–water partition coefficient (Wildman–Crippen LogP) is 1.93. The molecular formula is C17H19N3O2S. The predicted molar refractivity (Wildman–Crippen MR) is 94.0 cm³/mol. The molecule has 0 spiro atoms. The minimum absolute atomic E-state index is 0.120. The molecule has 2 amide bonds. The fraction of sp³-hybridized carbons (Fsp3) is 0.353. The van der Waals surface area contributed by atoms with Crippen LogP contribution in [0.3, 0.4) is 0 Å². The highest BCUT2D eigenvalue weighted by Gasteiger charge is 2.32. The number of carbonyl (C=O) groups is 2. The van der Waals surface area contributed by atoms with Crippen molar-refractivity contribution < 1.29 is 9.59 Å². The molecule has 2 aliphatic heterocycles. The lowest BCUT2D eigenvalue weighted by atomic mass is 10.1. The zero-order chi connectivity index (χ0) is 16.4. The van der Waals surface area contributed by atoms with Crippen LogP contribution in [0.15, 0.2) is 29.8 Å². The Morgan fingerprint density at radius 2 is 1.83 bits per heavy atom. The Hall–Kier alpha value is -2.21. The molecule has 2 aliphatic rings. The molecule has 120 valence electrons. The van der Waals surface area contributed by atoms with Crippen molar-refractivity contribution in [2.75, 3.05) is 24.5 Å². The van der Waals surface area contributed by atoms with Crippen LogP contribution in [-0.2, 0) is 9.59 Å². The van der Waals surface area contributed by atoms with Gasteiger partial charge in [0.15, 0.2) is 5.11 Å². The van der Waals surface area contributed by atoms with Gasteiger partial charge in [-0.1, -0.05) is 12.1 Å². The van der Waals surface area contributed by atoms with Gasteiger partial charge in [-0.25, -0.2) is 0 Å². The van der Waals surface area contributed by atoms with Gasteiger partial charge in [-0.15, -0.1) is 0 Å². The smallest absolute Gasteiger partial charge is 0.265 e. The highest BCUT2D eigenvalue weighted by molar-refractivity contribution is 7.80. The van der Waals surface area contributed by atoms with Gasteiger partial charge in [0.2, 0.25) is 0 Å². The van der Waals surface area contributed by atoms with Crippen molar-refractivity contribution in [2.45, 2.75) is 19.8 Å². The molecule has 3 rings (SSSR count). The third kappa shape index (κ3) is 3.12. The number of benzene rings is 1. The second-order valence-corrected chi connectivity index (χ2v) is 6.04. The number of likely N-dealkylation sites (N-methyl/N-ethyl adjacent to an activating group) is 1. The van der Waals surface area contributed by atoms with Crippen molar-refractivity contribution in [1.29, 1.82) is 0 Å². The van der Waals surface area contributed by atoms with Crippen LogP contribution in [0.25, 0.3) is 6.08 Å². The summed E-state index contributed by atoms with van der Waals surface area (Å²) in [5, 5.41) is 2.73. The molecule has 0 atom stereocenters. The fourth-order valence-corrected chi connectivity index (χ4v) is 3.21. The van der Waals surface area contributed by atoms with E-state index in [9.17, 15) is 9.59 Å². The Morgan fingerprint density at radius 1 is 1.17 bits per heavy atom. The lowest BCUT2D eigenvalue weighted by molar-refractivity contribution is -0.128. The van der Waals surface area contributed by atoms with E-state index in [1.165, 1.54) is 23.4 Å². The van der Waals surface area contributed by atoms with E-state index in [0.29, 0.717) is 6.54 Å². The first-order valence-corrected chi connectivity index (χ1v) is 8.25. The molecule has 0 bridgehead atoms. The van der Waals surface area contributed by atoms with E-state index in [2.05, 4.69) is 10.2 Å². The van der Waals surface area contributed by atoms with E-state index < -0.39 is 5.91 Å². The number of anilines is 1.